The van der Waals surface area contributed by atoms with Gasteiger partial charge in [-0.15, -0.1) is 0 Å². The van der Waals surface area contributed by atoms with Gasteiger partial charge in [0.05, 0.1) is 24.3 Å². The molecule has 17 heavy (non-hydrogen) atoms. The first kappa shape index (κ1) is 12.1. The van der Waals surface area contributed by atoms with Crippen molar-refractivity contribution in [3.63, 3.8) is 0 Å². The molecule has 1 aromatic rings. The highest BCUT2D eigenvalue weighted by atomic mass is 16.2. The van der Waals surface area contributed by atoms with Crippen molar-refractivity contribution in [2.24, 2.45) is 18.7 Å². The average molecular weight is 236 g/mol. The Kier molecular flexibility index (Phi) is 3.19. The average Bonchev–Trinajstić information content (AvgIpc) is 2.72. The van der Waals surface area contributed by atoms with Gasteiger partial charge in [-0.2, -0.15) is 0 Å². The van der Waals surface area contributed by atoms with Crippen LogP contribution >= 0.6 is 0 Å². The van der Waals surface area contributed by atoms with Gasteiger partial charge in [-0.05, 0) is 5.92 Å². The molecule has 0 aliphatic carbocycles. The Morgan fingerprint density at radius 3 is 2.82 bits per heavy atom. The van der Waals surface area contributed by atoms with Crippen LogP contribution in [0.3, 0.4) is 0 Å². The minimum atomic E-state index is -0.128. The number of nitrogens with two attached hydrogens (primary N) is 1. The standard InChI is InChI=1S/C12H20N4O/c1-8(2)6-16-11(17)4-9(13)12(16)10-5-14-7-15(10)3/h5,7-9,12H,4,6,13H2,1-3H3. The molecule has 0 radical (unpaired) electrons. The number of rotatable bonds is 3. The zero-order chi connectivity index (χ0) is 12.6. The van der Waals surface area contributed by atoms with E-state index in [2.05, 4.69) is 18.8 Å². The van der Waals surface area contributed by atoms with Crippen molar-refractivity contribution in [1.82, 2.24) is 14.5 Å². The zero-order valence-electron chi connectivity index (χ0n) is 10.6. The Morgan fingerprint density at radius 1 is 1.59 bits per heavy atom. The summed E-state index contributed by atoms with van der Waals surface area (Å²) in [6.07, 6.45) is 3.98. The molecule has 5 nitrogen and oxygen atoms in total. The van der Waals surface area contributed by atoms with E-state index < -0.39 is 0 Å². The van der Waals surface area contributed by atoms with E-state index in [1.54, 1.807) is 12.5 Å². The number of hydrogen-bond acceptors (Lipinski definition) is 3. The minimum Gasteiger partial charge on any atom is -0.336 e. The number of aromatic nitrogens is 2. The van der Waals surface area contributed by atoms with Crippen molar-refractivity contribution in [3.05, 3.63) is 18.2 Å². The van der Waals surface area contributed by atoms with Gasteiger partial charge in [0.15, 0.2) is 0 Å². The SMILES string of the molecule is CC(C)CN1C(=O)CC(N)C1c1cncn1C. The molecule has 0 aromatic carbocycles. The lowest BCUT2D eigenvalue weighted by Crippen LogP contribution is -2.36. The summed E-state index contributed by atoms with van der Waals surface area (Å²) in [4.78, 5) is 18.0. The van der Waals surface area contributed by atoms with E-state index in [-0.39, 0.29) is 18.0 Å². The Hall–Kier alpha value is -1.36. The van der Waals surface area contributed by atoms with Crippen LogP contribution in [0, 0.1) is 5.92 Å². The monoisotopic (exact) mass is 236 g/mol. The summed E-state index contributed by atoms with van der Waals surface area (Å²) in [5, 5.41) is 0. The maximum absolute atomic E-state index is 12.0. The van der Waals surface area contributed by atoms with Gasteiger partial charge in [0.1, 0.15) is 0 Å². The van der Waals surface area contributed by atoms with E-state index in [1.165, 1.54) is 0 Å². The van der Waals surface area contributed by atoms with Gasteiger partial charge in [0.2, 0.25) is 5.91 Å². The van der Waals surface area contributed by atoms with Crippen LogP contribution in [-0.4, -0.2) is 32.9 Å². The van der Waals surface area contributed by atoms with Crippen LogP contribution < -0.4 is 5.73 Å². The topological polar surface area (TPSA) is 64.2 Å². The Morgan fingerprint density at radius 2 is 2.29 bits per heavy atom. The quantitative estimate of drug-likeness (QED) is 0.839. The van der Waals surface area contributed by atoms with Crippen LogP contribution in [-0.2, 0) is 11.8 Å². The highest BCUT2D eigenvalue weighted by Crippen LogP contribution is 2.32. The van der Waals surface area contributed by atoms with Crippen molar-refractivity contribution < 1.29 is 4.79 Å². The molecule has 2 rings (SSSR count). The molecule has 1 aliphatic heterocycles. The van der Waals surface area contributed by atoms with Gasteiger partial charge in [-0.3, -0.25) is 4.79 Å². The van der Waals surface area contributed by atoms with Gasteiger partial charge in [0, 0.05) is 26.1 Å². The molecule has 2 N–H and O–H groups in total. The third-order valence-electron chi connectivity index (χ3n) is 3.19. The molecule has 0 spiro atoms. The van der Waals surface area contributed by atoms with E-state index >= 15 is 0 Å². The molecule has 5 heteroatoms. The summed E-state index contributed by atoms with van der Waals surface area (Å²) in [6, 6.07) is -0.158. The third-order valence-corrected chi connectivity index (χ3v) is 3.19. The highest BCUT2D eigenvalue weighted by Gasteiger charge is 2.39. The maximum atomic E-state index is 12.0. The molecular formula is C12H20N4O. The summed E-state index contributed by atoms with van der Waals surface area (Å²) in [7, 11) is 1.94. The van der Waals surface area contributed by atoms with Crippen LogP contribution in [0.4, 0.5) is 0 Å². The van der Waals surface area contributed by atoms with Crippen LogP contribution in [0.2, 0.25) is 0 Å². The molecular weight excluding hydrogens is 216 g/mol. The van der Waals surface area contributed by atoms with E-state index in [0.717, 1.165) is 12.2 Å². The lowest BCUT2D eigenvalue weighted by Gasteiger charge is -2.28. The Balaban J connectivity index is 2.29. The molecule has 1 aliphatic rings. The second-order valence-electron chi connectivity index (χ2n) is 5.18. The van der Waals surface area contributed by atoms with Crippen molar-refractivity contribution in [2.45, 2.75) is 32.4 Å². The van der Waals surface area contributed by atoms with Gasteiger partial charge in [-0.1, -0.05) is 13.8 Å². The summed E-state index contributed by atoms with van der Waals surface area (Å²) in [5.74, 6) is 0.595. The molecule has 2 unspecified atom stereocenters. The fraction of sp³-hybridized carbons (Fsp3) is 0.667. The Bertz CT molecular complexity index is 412. The molecule has 2 atom stereocenters. The molecule has 94 valence electrons. The molecule has 1 aromatic heterocycles. The second kappa shape index (κ2) is 4.49. The van der Waals surface area contributed by atoms with Crippen LogP contribution in [0.1, 0.15) is 32.0 Å². The van der Waals surface area contributed by atoms with Crippen molar-refractivity contribution in [1.29, 1.82) is 0 Å². The summed E-state index contributed by atoms with van der Waals surface area (Å²) < 4.78 is 1.94. The summed E-state index contributed by atoms with van der Waals surface area (Å²) in [5.41, 5.74) is 7.11. The lowest BCUT2D eigenvalue weighted by atomic mass is 10.1. The van der Waals surface area contributed by atoms with E-state index in [1.807, 2.05) is 16.5 Å². The molecule has 1 saturated heterocycles. The highest BCUT2D eigenvalue weighted by molar-refractivity contribution is 5.80. The largest absolute Gasteiger partial charge is 0.336 e. The van der Waals surface area contributed by atoms with Gasteiger partial charge in [0.25, 0.3) is 0 Å². The summed E-state index contributed by atoms with van der Waals surface area (Å²) in [6.45, 7) is 4.97. The van der Waals surface area contributed by atoms with Crippen molar-refractivity contribution >= 4 is 5.91 Å². The molecule has 0 bridgehead atoms. The Labute approximate surface area is 102 Å². The third kappa shape index (κ3) is 2.20. The number of amides is 1. The van der Waals surface area contributed by atoms with E-state index in [4.69, 9.17) is 5.73 Å². The van der Waals surface area contributed by atoms with Crippen LogP contribution in [0.5, 0.6) is 0 Å². The van der Waals surface area contributed by atoms with Crippen molar-refractivity contribution in [3.8, 4) is 0 Å². The van der Waals surface area contributed by atoms with E-state index in [9.17, 15) is 4.79 Å². The smallest absolute Gasteiger partial charge is 0.224 e. The fourth-order valence-corrected chi connectivity index (χ4v) is 2.46. The first-order chi connectivity index (χ1) is 8.00. The van der Waals surface area contributed by atoms with Crippen LogP contribution in [0.25, 0.3) is 0 Å². The molecule has 2 heterocycles. The first-order valence-electron chi connectivity index (χ1n) is 6.02. The first-order valence-corrected chi connectivity index (χ1v) is 6.02. The maximum Gasteiger partial charge on any atom is 0.224 e. The number of likely N-dealkylation sites (tertiary alicyclic amines) is 1. The predicted octanol–water partition coefficient (Wildman–Crippen LogP) is 0.677. The second-order valence-corrected chi connectivity index (χ2v) is 5.18. The number of nitrogens with zero attached hydrogens (tertiary/aromatic N) is 3. The molecule has 0 saturated carbocycles. The fourth-order valence-electron chi connectivity index (χ4n) is 2.46. The zero-order valence-corrected chi connectivity index (χ0v) is 10.6. The number of hydrogen-bond donors (Lipinski definition) is 1. The van der Waals surface area contributed by atoms with Crippen LogP contribution in [0.15, 0.2) is 12.5 Å². The minimum absolute atomic E-state index is 0.0302. The lowest BCUT2D eigenvalue weighted by molar-refractivity contribution is -0.129. The number of imidazole rings is 1. The molecule has 1 amide bonds. The molecule has 1 fully saturated rings. The number of aryl methyl sites for hydroxylation is 1. The van der Waals surface area contributed by atoms with E-state index in [0.29, 0.717) is 12.3 Å². The van der Waals surface area contributed by atoms with Crippen molar-refractivity contribution in [2.75, 3.05) is 6.54 Å². The summed E-state index contributed by atoms with van der Waals surface area (Å²) >= 11 is 0. The normalized spacial score (nSPS) is 25.0. The predicted molar refractivity (Wildman–Crippen MR) is 65.1 cm³/mol. The van der Waals surface area contributed by atoms with Gasteiger partial charge in [-0.25, -0.2) is 4.98 Å². The van der Waals surface area contributed by atoms with Gasteiger partial charge >= 0.3 is 0 Å². The number of carbonyl (C=O) groups excluding carboxylic acids is 1. The number of carbonyl (C=O) groups is 1. The van der Waals surface area contributed by atoms with Gasteiger partial charge < -0.3 is 15.2 Å².